The number of benzene rings is 1. The molecule has 1 aromatic carbocycles. The van der Waals surface area contributed by atoms with Crippen LogP contribution in [0.4, 0.5) is 5.69 Å². The van der Waals surface area contributed by atoms with E-state index in [1.54, 1.807) is 6.20 Å². The van der Waals surface area contributed by atoms with Gasteiger partial charge in [0.1, 0.15) is 0 Å². The van der Waals surface area contributed by atoms with Gasteiger partial charge in [-0.15, -0.1) is 0 Å². The van der Waals surface area contributed by atoms with Crippen molar-refractivity contribution in [1.82, 2.24) is 4.98 Å². The summed E-state index contributed by atoms with van der Waals surface area (Å²) in [7, 11) is 0. The van der Waals surface area contributed by atoms with E-state index < -0.39 is 0 Å². The number of nitrogens with one attached hydrogen (secondary N) is 1. The standard InChI is InChI=1S/C16H20N2O2/c1-11-6-15(7-12(2)20-11)18-14-5-3-4-13(8-14)16-9-17-10-19-16/h3-5,8-12,15,18H,6-7H2,1-2H3. The van der Waals surface area contributed by atoms with E-state index >= 15 is 0 Å². The van der Waals surface area contributed by atoms with Crippen LogP contribution in [0.1, 0.15) is 26.7 Å². The minimum absolute atomic E-state index is 0.314. The first-order valence-electron chi connectivity index (χ1n) is 7.11. The molecule has 2 atom stereocenters. The van der Waals surface area contributed by atoms with Gasteiger partial charge in [-0.25, -0.2) is 4.98 Å². The van der Waals surface area contributed by atoms with Crippen molar-refractivity contribution in [2.24, 2.45) is 0 Å². The minimum Gasteiger partial charge on any atom is -0.444 e. The highest BCUT2D eigenvalue weighted by Crippen LogP contribution is 2.26. The fourth-order valence-electron chi connectivity index (χ4n) is 2.88. The zero-order valence-corrected chi connectivity index (χ0v) is 11.9. The van der Waals surface area contributed by atoms with Gasteiger partial charge in [0, 0.05) is 17.3 Å². The van der Waals surface area contributed by atoms with Crippen LogP contribution in [-0.4, -0.2) is 23.2 Å². The van der Waals surface area contributed by atoms with Crippen LogP contribution in [-0.2, 0) is 4.74 Å². The summed E-state index contributed by atoms with van der Waals surface area (Å²) in [6.45, 7) is 4.27. The second-order valence-electron chi connectivity index (χ2n) is 5.52. The van der Waals surface area contributed by atoms with Crippen molar-refractivity contribution >= 4 is 5.69 Å². The zero-order valence-electron chi connectivity index (χ0n) is 11.9. The summed E-state index contributed by atoms with van der Waals surface area (Å²) in [6.07, 6.45) is 5.89. The molecule has 1 fully saturated rings. The topological polar surface area (TPSA) is 47.3 Å². The Morgan fingerprint density at radius 3 is 2.70 bits per heavy atom. The molecule has 2 unspecified atom stereocenters. The van der Waals surface area contributed by atoms with Crippen LogP contribution in [0, 0.1) is 0 Å². The van der Waals surface area contributed by atoms with Crippen LogP contribution in [0.25, 0.3) is 11.3 Å². The monoisotopic (exact) mass is 272 g/mol. The largest absolute Gasteiger partial charge is 0.444 e. The Morgan fingerprint density at radius 1 is 1.20 bits per heavy atom. The zero-order chi connectivity index (χ0) is 13.9. The van der Waals surface area contributed by atoms with Crippen molar-refractivity contribution in [3.63, 3.8) is 0 Å². The first kappa shape index (κ1) is 13.2. The summed E-state index contributed by atoms with van der Waals surface area (Å²) >= 11 is 0. The summed E-state index contributed by atoms with van der Waals surface area (Å²) in [5.74, 6) is 0.794. The lowest BCUT2D eigenvalue weighted by atomic mass is 9.99. The maximum absolute atomic E-state index is 5.77. The van der Waals surface area contributed by atoms with Crippen LogP contribution in [0.3, 0.4) is 0 Å². The third kappa shape index (κ3) is 3.02. The van der Waals surface area contributed by atoms with Gasteiger partial charge in [0.05, 0.1) is 18.4 Å². The van der Waals surface area contributed by atoms with Gasteiger partial charge < -0.3 is 14.5 Å². The van der Waals surface area contributed by atoms with Gasteiger partial charge in [-0.1, -0.05) is 12.1 Å². The second kappa shape index (κ2) is 5.67. The number of hydrogen-bond acceptors (Lipinski definition) is 4. The Kier molecular flexibility index (Phi) is 3.74. The fraction of sp³-hybridized carbons (Fsp3) is 0.438. The molecule has 1 aliphatic heterocycles. The molecule has 0 amide bonds. The number of aromatic nitrogens is 1. The van der Waals surface area contributed by atoms with Crippen LogP contribution in [0.5, 0.6) is 0 Å². The summed E-state index contributed by atoms with van der Waals surface area (Å²) in [6, 6.07) is 8.71. The Labute approximate surface area is 119 Å². The Balaban J connectivity index is 1.73. The normalized spacial score (nSPS) is 26.4. The number of anilines is 1. The van der Waals surface area contributed by atoms with E-state index in [0.29, 0.717) is 18.2 Å². The molecule has 106 valence electrons. The lowest BCUT2D eigenvalue weighted by molar-refractivity contribution is -0.0337. The van der Waals surface area contributed by atoms with E-state index in [0.717, 1.165) is 29.9 Å². The number of rotatable bonds is 3. The van der Waals surface area contributed by atoms with E-state index in [1.807, 2.05) is 12.1 Å². The molecular weight excluding hydrogens is 252 g/mol. The molecular formula is C16H20N2O2. The highest BCUT2D eigenvalue weighted by molar-refractivity contribution is 5.63. The Hall–Kier alpha value is -1.81. The van der Waals surface area contributed by atoms with Crippen LogP contribution in [0.2, 0.25) is 0 Å². The molecule has 1 N–H and O–H groups in total. The quantitative estimate of drug-likeness (QED) is 0.925. The minimum atomic E-state index is 0.314. The molecule has 20 heavy (non-hydrogen) atoms. The first-order valence-corrected chi connectivity index (χ1v) is 7.11. The molecule has 2 heterocycles. The predicted octanol–water partition coefficient (Wildman–Crippen LogP) is 3.71. The molecule has 1 aromatic heterocycles. The molecule has 0 saturated carbocycles. The smallest absolute Gasteiger partial charge is 0.181 e. The van der Waals surface area contributed by atoms with Gasteiger partial charge in [-0.05, 0) is 38.8 Å². The van der Waals surface area contributed by atoms with Crippen molar-refractivity contribution in [1.29, 1.82) is 0 Å². The Bertz CT molecular complexity index is 543. The third-order valence-corrected chi connectivity index (χ3v) is 3.65. The van der Waals surface area contributed by atoms with Gasteiger partial charge in [-0.3, -0.25) is 0 Å². The van der Waals surface area contributed by atoms with E-state index in [1.165, 1.54) is 6.39 Å². The van der Waals surface area contributed by atoms with Gasteiger partial charge in [0.15, 0.2) is 12.2 Å². The first-order chi connectivity index (χ1) is 9.70. The van der Waals surface area contributed by atoms with Gasteiger partial charge in [0.25, 0.3) is 0 Å². The molecule has 0 aliphatic carbocycles. The Morgan fingerprint density at radius 2 is 2.00 bits per heavy atom. The molecule has 4 heteroatoms. The van der Waals surface area contributed by atoms with E-state index in [9.17, 15) is 0 Å². The number of oxazole rings is 1. The fourth-order valence-corrected chi connectivity index (χ4v) is 2.88. The molecule has 0 spiro atoms. The van der Waals surface area contributed by atoms with Crippen molar-refractivity contribution < 1.29 is 9.15 Å². The average Bonchev–Trinajstić information content (AvgIpc) is 2.91. The highest BCUT2D eigenvalue weighted by Gasteiger charge is 2.24. The predicted molar refractivity (Wildman–Crippen MR) is 78.6 cm³/mol. The summed E-state index contributed by atoms with van der Waals surface area (Å²) in [4.78, 5) is 3.96. The number of ether oxygens (including phenoxy) is 1. The lowest BCUT2D eigenvalue weighted by Crippen LogP contribution is -2.36. The average molecular weight is 272 g/mol. The van der Waals surface area contributed by atoms with E-state index in [-0.39, 0.29) is 0 Å². The lowest BCUT2D eigenvalue weighted by Gasteiger charge is -2.33. The third-order valence-electron chi connectivity index (χ3n) is 3.65. The van der Waals surface area contributed by atoms with Crippen molar-refractivity contribution in [2.75, 3.05) is 5.32 Å². The molecule has 3 rings (SSSR count). The number of hydrogen-bond donors (Lipinski definition) is 1. The highest BCUT2D eigenvalue weighted by atomic mass is 16.5. The SMILES string of the molecule is CC1CC(Nc2cccc(-c3cnco3)c2)CC(C)O1. The molecule has 0 bridgehead atoms. The summed E-state index contributed by atoms with van der Waals surface area (Å²) < 4.78 is 11.1. The van der Waals surface area contributed by atoms with Gasteiger partial charge in [-0.2, -0.15) is 0 Å². The molecule has 1 aliphatic rings. The van der Waals surface area contributed by atoms with Crippen molar-refractivity contribution in [3.8, 4) is 11.3 Å². The van der Waals surface area contributed by atoms with E-state index in [2.05, 4.69) is 36.3 Å². The molecule has 4 nitrogen and oxygen atoms in total. The van der Waals surface area contributed by atoms with Gasteiger partial charge in [0.2, 0.25) is 0 Å². The molecule has 0 radical (unpaired) electrons. The maximum atomic E-state index is 5.77. The maximum Gasteiger partial charge on any atom is 0.181 e. The van der Waals surface area contributed by atoms with Crippen molar-refractivity contribution in [3.05, 3.63) is 36.9 Å². The molecule has 2 aromatic rings. The van der Waals surface area contributed by atoms with E-state index in [4.69, 9.17) is 9.15 Å². The second-order valence-corrected chi connectivity index (χ2v) is 5.52. The number of nitrogens with zero attached hydrogens (tertiary/aromatic N) is 1. The van der Waals surface area contributed by atoms with Crippen LogP contribution >= 0.6 is 0 Å². The summed E-state index contributed by atoms with van der Waals surface area (Å²) in [5.41, 5.74) is 2.16. The molecule has 1 saturated heterocycles. The van der Waals surface area contributed by atoms with Crippen LogP contribution < -0.4 is 5.32 Å². The van der Waals surface area contributed by atoms with Crippen LogP contribution in [0.15, 0.2) is 41.3 Å². The van der Waals surface area contributed by atoms with Crippen molar-refractivity contribution in [2.45, 2.75) is 44.9 Å². The van der Waals surface area contributed by atoms with Gasteiger partial charge >= 0.3 is 0 Å². The summed E-state index contributed by atoms with van der Waals surface area (Å²) in [5, 5.41) is 3.60.